The lowest BCUT2D eigenvalue weighted by atomic mass is 10.0. The summed E-state index contributed by atoms with van der Waals surface area (Å²) in [5, 5.41) is 7.86. The molecule has 1 aliphatic carbocycles. The molecular formula is C35H47FN6O8. The van der Waals surface area contributed by atoms with Crippen LogP contribution in [0.25, 0.3) is 0 Å². The van der Waals surface area contributed by atoms with Crippen molar-refractivity contribution in [2.24, 2.45) is 5.92 Å². The van der Waals surface area contributed by atoms with Gasteiger partial charge in [0.05, 0.1) is 13.1 Å². The molecule has 1 aromatic carbocycles. The highest BCUT2D eigenvalue weighted by atomic mass is 19.1. The van der Waals surface area contributed by atoms with Crippen LogP contribution in [-0.4, -0.2) is 101 Å². The van der Waals surface area contributed by atoms with Gasteiger partial charge < -0.3 is 29.9 Å². The molecule has 2 fully saturated rings. The zero-order valence-corrected chi connectivity index (χ0v) is 29.3. The summed E-state index contributed by atoms with van der Waals surface area (Å²) in [6.07, 6.45) is 4.63. The number of carbonyl (C=O) groups excluding carboxylic acids is 6. The molecule has 4 aliphatic rings. The van der Waals surface area contributed by atoms with Crippen molar-refractivity contribution in [3.05, 3.63) is 47.3 Å². The number of alkyl carbamates (subject to hydrolysis) is 1. The molecule has 3 aliphatic heterocycles. The summed E-state index contributed by atoms with van der Waals surface area (Å²) in [5.41, 5.74) is -1.19. The highest BCUT2D eigenvalue weighted by molar-refractivity contribution is 6.04. The molecule has 0 bridgehead atoms. The Bertz CT molecular complexity index is 1560. The van der Waals surface area contributed by atoms with Gasteiger partial charge in [-0.15, -0.1) is 0 Å². The number of ether oxygens (including phenoxy) is 2. The van der Waals surface area contributed by atoms with E-state index in [9.17, 15) is 33.2 Å². The molecule has 1 aromatic rings. The SMILES string of the molecule is CN(C)C(=O)NC(=O)[C@@]12C[C@H]1/C=C\CCCCC[C@H](NC(=O)OC(C)(C)C)C(=O)N1C[C@H](OC(=O)N3Cc4cccc(F)c4C3)C[C@H]1C(=O)N2. The van der Waals surface area contributed by atoms with Gasteiger partial charge in [-0.2, -0.15) is 0 Å². The fourth-order valence-corrected chi connectivity index (χ4v) is 6.66. The molecule has 5 atom stereocenters. The van der Waals surface area contributed by atoms with Gasteiger partial charge in [-0.25, -0.2) is 18.8 Å². The molecule has 3 heterocycles. The number of halogens is 1. The van der Waals surface area contributed by atoms with E-state index in [0.29, 0.717) is 24.0 Å². The van der Waals surface area contributed by atoms with E-state index in [-0.39, 0.29) is 44.8 Å². The summed E-state index contributed by atoms with van der Waals surface area (Å²) in [7, 11) is 2.98. The Labute approximate surface area is 291 Å². The molecule has 15 heteroatoms. The number of amides is 7. The van der Waals surface area contributed by atoms with E-state index in [4.69, 9.17) is 9.47 Å². The second-order valence-electron chi connectivity index (χ2n) is 14.7. The second kappa shape index (κ2) is 14.7. The van der Waals surface area contributed by atoms with Crippen LogP contribution in [0.15, 0.2) is 30.4 Å². The molecule has 272 valence electrons. The molecule has 0 spiro atoms. The molecular weight excluding hydrogens is 651 g/mol. The molecule has 7 amide bonds. The Morgan fingerprint density at radius 2 is 1.84 bits per heavy atom. The lowest BCUT2D eigenvalue weighted by molar-refractivity contribution is -0.141. The Kier molecular flexibility index (Phi) is 10.7. The monoisotopic (exact) mass is 698 g/mol. The summed E-state index contributed by atoms with van der Waals surface area (Å²) in [5.74, 6) is -2.71. The maximum Gasteiger partial charge on any atom is 0.410 e. The third-order valence-electron chi connectivity index (χ3n) is 9.41. The topological polar surface area (TPSA) is 167 Å². The first-order valence-electron chi connectivity index (χ1n) is 17.1. The number of imide groups is 1. The van der Waals surface area contributed by atoms with Crippen LogP contribution in [0.1, 0.15) is 76.8 Å². The van der Waals surface area contributed by atoms with Crippen LogP contribution in [0, 0.1) is 11.7 Å². The van der Waals surface area contributed by atoms with E-state index in [1.54, 1.807) is 32.9 Å². The van der Waals surface area contributed by atoms with Crippen LogP contribution in [-0.2, 0) is 36.9 Å². The number of hydrogen-bond acceptors (Lipinski definition) is 8. The highest BCUT2D eigenvalue weighted by Gasteiger charge is 2.61. The maximum absolute atomic E-state index is 14.4. The van der Waals surface area contributed by atoms with Crippen molar-refractivity contribution in [2.75, 3.05) is 20.6 Å². The van der Waals surface area contributed by atoms with Gasteiger partial charge in [0.2, 0.25) is 11.8 Å². The Morgan fingerprint density at radius 1 is 1.08 bits per heavy atom. The van der Waals surface area contributed by atoms with Crippen LogP contribution in [0.3, 0.4) is 0 Å². The van der Waals surface area contributed by atoms with Crippen LogP contribution in [0.4, 0.5) is 18.8 Å². The third-order valence-corrected chi connectivity index (χ3v) is 9.41. The summed E-state index contributed by atoms with van der Waals surface area (Å²) in [4.78, 5) is 84.3. The average molecular weight is 699 g/mol. The lowest BCUT2D eigenvalue weighted by Gasteiger charge is -2.30. The molecule has 50 heavy (non-hydrogen) atoms. The van der Waals surface area contributed by atoms with Gasteiger partial charge in [0.25, 0.3) is 5.91 Å². The van der Waals surface area contributed by atoms with Crippen molar-refractivity contribution < 1.29 is 42.6 Å². The van der Waals surface area contributed by atoms with Crippen molar-refractivity contribution >= 4 is 35.9 Å². The predicted molar refractivity (Wildman–Crippen MR) is 178 cm³/mol. The minimum Gasteiger partial charge on any atom is -0.444 e. The van der Waals surface area contributed by atoms with E-state index in [0.717, 1.165) is 12.8 Å². The number of urea groups is 1. The summed E-state index contributed by atoms with van der Waals surface area (Å²) < 4.78 is 25.6. The zero-order chi connectivity index (χ0) is 36.4. The Hall–Kier alpha value is -4.69. The van der Waals surface area contributed by atoms with Crippen LogP contribution < -0.4 is 16.0 Å². The lowest BCUT2D eigenvalue weighted by Crippen LogP contribution is -2.58. The molecule has 1 saturated heterocycles. The first kappa shape index (κ1) is 36.6. The molecule has 0 radical (unpaired) electrons. The second-order valence-corrected chi connectivity index (χ2v) is 14.7. The molecule has 0 unspecified atom stereocenters. The molecule has 0 aromatic heterocycles. The molecule has 14 nitrogen and oxygen atoms in total. The van der Waals surface area contributed by atoms with Crippen molar-refractivity contribution in [3.8, 4) is 0 Å². The van der Waals surface area contributed by atoms with Crippen LogP contribution in [0.5, 0.6) is 0 Å². The molecule has 1 saturated carbocycles. The minimum atomic E-state index is -1.43. The summed E-state index contributed by atoms with van der Waals surface area (Å²) in [6, 6.07) is 1.76. The maximum atomic E-state index is 14.4. The minimum absolute atomic E-state index is 0.0141. The van der Waals surface area contributed by atoms with Gasteiger partial charge in [-0.1, -0.05) is 37.1 Å². The number of rotatable bonds is 3. The normalized spacial score (nSPS) is 27.3. The number of hydrogen-bond donors (Lipinski definition) is 3. The Balaban J connectivity index is 1.40. The Morgan fingerprint density at radius 3 is 2.54 bits per heavy atom. The number of nitrogens with one attached hydrogen (secondary N) is 3. The fraction of sp³-hybridized carbons (Fsp3) is 0.600. The smallest absolute Gasteiger partial charge is 0.410 e. The number of nitrogens with zero attached hydrogens (tertiary/aromatic N) is 3. The van der Waals surface area contributed by atoms with Crippen LogP contribution in [0.2, 0.25) is 0 Å². The van der Waals surface area contributed by atoms with E-state index < -0.39 is 71.1 Å². The van der Waals surface area contributed by atoms with Crippen LogP contribution >= 0.6 is 0 Å². The third kappa shape index (κ3) is 8.36. The van der Waals surface area contributed by atoms with Crippen molar-refractivity contribution in [3.63, 3.8) is 0 Å². The fourth-order valence-electron chi connectivity index (χ4n) is 6.66. The predicted octanol–water partition coefficient (Wildman–Crippen LogP) is 3.33. The van der Waals surface area contributed by atoms with Gasteiger partial charge in [0.1, 0.15) is 35.1 Å². The first-order valence-corrected chi connectivity index (χ1v) is 17.1. The van der Waals surface area contributed by atoms with E-state index >= 15 is 0 Å². The van der Waals surface area contributed by atoms with Gasteiger partial charge in [-0.3, -0.25) is 24.6 Å². The molecule has 5 rings (SSSR count). The van der Waals surface area contributed by atoms with Gasteiger partial charge in [0.15, 0.2) is 0 Å². The number of fused-ring (bicyclic) bond motifs is 3. The van der Waals surface area contributed by atoms with E-state index in [1.165, 1.54) is 34.9 Å². The standard InChI is InChI=1S/C35H47FN6O8/c1-34(2,3)50-32(47)37-26-15-10-8-6-7-9-13-22-17-35(22,30(45)38-31(46)40(4)5)39-28(43)27-16-23(19-42(27)29(26)44)49-33(48)41-18-21-12-11-14-25(36)24(21)20-41/h9,11-14,22-23,26-27H,6-8,10,15-20H2,1-5H3,(H,37,47)(H,39,43)(H,38,45,46)/b13-9-/t22-,23-,26+,27+,35-/m1/s1. The van der Waals surface area contributed by atoms with Crippen molar-refractivity contribution in [1.82, 2.24) is 30.7 Å². The summed E-state index contributed by atoms with van der Waals surface area (Å²) >= 11 is 0. The first-order chi connectivity index (χ1) is 23.6. The van der Waals surface area contributed by atoms with Gasteiger partial charge >= 0.3 is 18.2 Å². The summed E-state index contributed by atoms with van der Waals surface area (Å²) in [6.45, 7) is 5.11. The molecule has 3 N–H and O–H groups in total. The number of allylic oxidation sites excluding steroid dienone is 1. The van der Waals surface area contributed by atoms with Crippen molar-refractivity contribution in [2.45, 2.75) is 108 Å². The van der Waals surface area contributed by atoms with E-state index in [2.05, 4.69) is 16.0 Å². The van der Waals surface area contributed by atoms with E-state index in [1.807, 2.05) is 12.2 Å². The largest absolute Gasteiger partial charge is 0.444 e. The zero-order valence-electron chi connectivity index (χ0n) is 29.3. The average Bonchev–Trinajstić information content (AvgIpc) is 3.33. The number of carbonyl (C=O) groups is 6. The number of benzene rings is 1. The van der Waals surface area contributed by atoms with Gasteiger partial charge in [0, 0.05) is 38.5 Å². The van der Waals surface area contributed by atoms with Crippen molar-refractivity contribution in [1.29, 1.82) is 0 Å². The highest BCUT2D eigenvalue weighted by Crippen LogP contribution is 2.45. The van der Waals surface area contributed by atoms with Gasteiger partial charge in [-0.05, 0) is 58.1 Å². The quantitative estimate of drug-likeness (QED) is 0.405.